The Labute approximate surface area is 66.2 Å². The summed E-state index contributed by atoms with van der Waals surface area (Å²) in [7, 11) is 1.68. The van der Waals surface area contributed by atoms with Gasteiger partial charge in [-0.3, -0.25) is 0 Å². The second kappa shape index (κ2) is 2.55. The van der Waals surface area contributed by atoms with E-state index in [4.69, 9.17) is 4.74 Å². The molecule has 0 bridgehead atoms. The van der Waals surface area contributed by atoms with Crippen LogP contribution in [0.1, 0.15) is 11.6 Å². The van der Waals surface area contributed by atoms with Crippen molar-refractivity contribution < 1.29 is 4.74 Å². The molecule has 1 atom stereocenters. The first-order valence-electron chi connectivity index (χ1n) is 3.77. The maximum atomic E-state index is 5.05. The van der Waals surface area contributed by atoms with Gasteiger partial charge in [-0.2, -0.15) is 0 Å². The molecule has 58 valence electrons. The molecular formula is C9H11NO. The highest BCUT2D eigenvalue weighted by Crippen LogP contribution is 2.23. The maximum Gasteiger partial charge on any atom is 0.118 e. The third kappa shape index (κ3) is 1.35. The van der Waals surface area contributed by atoms with Gasteiger partial charge in [0.05, 0.1) is 7.11 Å². The monoisotopic (exact) mass is 149 g/mol. The molecule has 0 aromatic heterocycles. The second-order valence-electron chi connectivity index (χ2n) is 2.73. The Balaban J connectivity index is 2.19. The van der Waals surface area contributed by atoms with Gasteiger partial charge in [-0.1, -0.05) is 12.1 Å². The highest BCUT2D eigenvalue weighted by molar-refractivity contribution is 5.31. The first-order chi connectivity index (χ1) is 5.40. The van der Waals surface area contributed by atoms with Crippen molar-refractivity contribution >= 4 is 0 Å². The minimum atomic E-state index is 0.598. The van der Waals surface area contributed by atoms with Gasteiger partial charge in [-0.15, -0.1) is 0 Å². The molecule has 0 radical (unpaired) electrons. The number of ether oxygens (including phenoxy) is 1. The Kier molecular flexibility index (Phi) is 1.55. The molecule has 2 rings (SSSR count). The summed E-state index contributed by atoms with van der Waals surface area (Å²) in [5.74, 6) is 0.925. The van der Waals surface area contributed by atoms with Gasteiger partial charge in [0.2, 0.25) is 0 Å². The third-order valence-electron chi connectivity index (χ3n) is 1.93. The molecule has 2 heteroatoms. The number of rotatable bonds is 2. The second-order valence-corrected chi connectivity index (χ2v) is 2.73. The Morgan fingerprint density at radius 1 is 1.36 bits per heavy atom. The normalized spacial score (nSPS) is 21.4. The van der Waals surface area contributed by atoms with Gasteiger partial charge in [0, 0.05) is 12.6 Å². The summed E-state index contributed by atoms with van der Waals surface area (Å²) in [6.45, 7) is 1.12. The van der Waals surface area contributed by atoms with Gasteiger partial charge in [-0.05, 0) is 17.7 Å². The fourth-order valence-electron chi connectivity index (χ4n) is 1.13. The number of methoxy groups -OCH3 is 1. The summed E-state index contributed by atoms with van der Waals surface area (Å²) in [6, 6.07) is 8.79. The van der Waals surface area contributed by atoms with E-state index in [-0.39, 0.29) is 0 Å². The van der Waals surface area contributed by atoms with E-state index < -0.39 is 0 Å². The van der Waals surface area contributed by atoms with Crippen molar-refractivity contribution in [2.24, 2.45) is 0 Å². The van der Waals surface area contributed by atoms with Crippen LogP contribution in [0.4, 0.5) is 0 Å². The number of benzene rings is 1. The van der Waals surface area contributed by atoms with Crippen LogP contribution in [0.5, 0.6) is 5.75 Å². The summed E-state index contributed by atoms with van der Waals surface area (Å²) in [6.07, 6.45) is 0. The van der Waals surface area contributed by atoms with Gasteiger partial charge in [-0.25, -0.2) is 0 Å². The lowest BCUT2D eigenvalue weighted by atomic mass is 10.1. The predicted octanol–water partition coefficient (Wildman–Crippen LogP) is 1.34. The van der Waals surface area contributed by atoms with Gasteiger partial charge in [0.1, 0.15) is 5.75 Å². The van der Waals surface area contributed by atoms with E-state index in [1.807, 2.05) is 12.1 Å². The minimum absolute atomic E-state index is 0.598. The Hall–Kier alpha value is -1.02. The van der Waals surface area contributed by atoms with Crippen LogP contribution in [0.2, 0.25) is 0 Å². The molecule has 2 nitrogen and oxygen atoms in total. The Morgan fingerprint density at radius 2 is 2.00 bits per heavy atom. The summed E-state index contributed by atoms with van der Waals surface area (Å²) >= 11 is 0. The number of hydrogen-bond donors (Lipinski definition) is 1. The average molecular weight is 149 g/mol. The van der Waals surface area contributed by atoms with Crippen LogP contribution in [0.3, 0.4) is 0 Å². The molecule has 1 aromatic rings. The molecule has 1 N–H and O–H groups in total. The summed E-state index contributed by atoms with van der Waals surface area (Å²) in [5, 5.41) is 3.25. The van der Waals surface area contributed by atoms with Crippen molar-refractivity contribution in [3.8, 4) is 5.75 Å². The zero-order chi connectivity index (χ0) is 7.68. The van der Waals surface area contributed by atoms with E-state index in [0.29, 0.717) is 6.04 Å². The SMILES string of the molecule is COc1ccc(C2CN2)cc1. The molecule has 11 heavy (non-hydrogen) atoms. The molecule has 1 aliphatic rings. The lowest BCUT2D eigenvalue weighted by Crippen LogP contribution is -1.85. The van der Waals surface area contributed by atoms with Crippen molar-refractivity contribution in [1.82, 2.24) is 5.32 Å². The molecular weight excluding hydrogens is 138 g/mol. The van der Waals surface area contributed by atoms with Crippen molar-refractivity contribution in [3.05, 3.63) is 29.8 Å². The first kappa shape index (κ1) is 6.68. The van der Waals surface area contributed by atoms with Crippen LogP contribution in [-0.4, -0.2) is 13.7 Å². The molecule has 0 aliphatic carbocycles. The molecule has 1 aliphatic heterocycles. The van der Waals surface area contributed by atoms with Crippen LogP contribution in [-0.2, 0) is 0 Å². The smallest absolute Gasteiger partial charge is 0.118 e. The molecule has 0 saturated carbocycles. The van der Waals surface area contributed by atoms with E-state index in [1.165, 1.54) is 5.56 Å². The van der Waals surface area contributed by atoms with Gasteiger partial charge < -0.3 is 10.1 Å². The van der Waals surface area contributed by atoms with Gasteiger partial charge in [0.25, 0.3) is 0 Å². The molecule has 0 spiro atoms. The van der Waals surface area contributed by atoms with Crippen LogP contribution in [0, 0.1) is 0 Å². The van der Waals surface area contributed by atoms with Crippen molar-refractivity contribution in [2.75, 3.05) is 13.7 Å². The van der Waals surface area contributed by atoms with Crippen LogP contribution >= 0.6 is 0 Å². The summed E-state index contributed by atoms with van der Waals surface area (Å²) in [4.78, 5) is 0. The molecule has 1 aromatic carbocycles. The Bertz CT molecular complexity index is 238. The Morgan fingerprint density at radius 3 is 2.45 bits per heavy atom. The van der Waals surface area contributed by atoms with Gasteiger partial charge in [0.15, 0.2) is 0 Å². The van der Waals surface area contributed by atoms with Crippen LogP contribution in [0.15, 0.2) is 24.3 Å². The molecule has 1 saturated heterocycles. The fraction of sp³-hybridized carbons (Fsp3) is 0.333. The molecule has 1 fully saturated rings. The fourth-order valence-corrected chi connectivity index (χ4v) is 1.13. The topological polar surface area (TPSA) is 31.2 Å². The lowest BCUT2D eigenvalue weighted by molar-refractivity contribution is 0.414. The van der Waals surface area contributed by atoms with Crippen LogP contribution in [0.25, 0.3) is 0 Å². The molecule has 1 heterocycles. The quantitative estimate of drug-likeness (QED) is 0.643. The van der Waals surface area contributed by atoms with Crippen molar-refractivity contribution in [3.63, 3.8) is 0 Å². The number of hydrogen-bond acceptors (Lipinski definition) is 2. The standard InChI is InChI=1S/C9H11NO/c1-11-8-4-2-7(3-5-8)9-6-10-9/h2-5,9-10H,6H2,1H3. The lowest BCUT2D eigenvalue weighted by Gasteiger charge is -1.99. The highest BCUT2D eigenvalue weighted by atomic mass is 16.5. The largest absolute Gasteiger partial charge is 0.497 e. The third-order valence-corrected chi connectivity index (χ3v) is 1.93. The van der Waals surface area contributed by atoms with Crippen LogP contribution < -0.4 is 10.1 Å². The van der Waals surface area contributed by atoms with E-state index >= 15 is 0 Å². The average Bonchev–Trinajstić information content (AvgIpc) is 2.87. The van der Waals surface area contributed by atoms with Crippen molar-refractivity contribution in [2.45, 2.75) is 6.04 Å². The van der Waals surface area contributed by atoms with E-state index in [2.05, 4.69) is 17.4 Å². The van der Waals surface area contributed by atoms with E-state index in [9.17, 15) is 0 Å². The van der Waals surface area contributed by atoms with E-state index in [0.717, 1.165) is 12.3 Å². The highest BCUT2D eigenvalue weighted by Gasteiger charge is 2.21. The first-order valence-corrected chi connectivity index (χ1v) is 3.77. The number of nitrogens with one attached hydrogen (secondary N) is 1. The minimum Gasteiger partial charge on any atom is -0.497 e. The zero-order valence-corrected chi connectivity index (χ0v) is 6.50. The molecule has 1 unspecified atom stereocenters. The van der Waals surface area contributed by atoms with Gasteiger partial charge >= 0.3 is 0 Å². The van der Waals surface area contributed by atoms with E-state index in [1.54, 1.807) is 7.11 Å². The zero-order valence-electron chi connectivity index (χ0n) is 6.50. The summed E-state index contributed by atoms with van der Waals surface area (Å²) in [5.41, 5.74) is 1.35. The predicted molar refractivity (Wildman–Crippen MR) is 43.7 cm³/mol. The summed E-state index contributed by atoms with van der Waals surface area (Å²) < 4.78 is 5.05. The maximum absolute atomic E-state index is 5.05. The molecule has 0 amide bonds. The van der Waals surface area contributed by atoms with Crippen molar-refractivity contribution in [1.29, 1.82) is 0 Å².